The van der Waals surface area contributed by atoms with Gasteiger partial charge in [0.05, 0.1) is 0 Å². The summed E-state index contributed by atoms with van der Waals surface area (Å²) in [5, 5.41) is 0. The number of unbranched alkanes of at least 4 members (excludes halogenated alkanes) is 1. The summed E-state index contributed by atoms with van der Waals surface area (Å²) in [4.78, 5) is 0. The summed E-state index contributed by atoms with van der Waals surface area (Å²) in [5.74, 6) is -1.06. The molecule has 30 heavy (non-hydrogen) atoms. The summed E-state index contributed by atoms with van der Waals surface area (Å²) < 4.78 is 66.1. The minimum absolute atomic E-state index is 0.0741. The number of hydrogen-bond donors (Lipinski definition) is 0. The van der Waals surface area contributed by atoms with Crippen molar-refractivity contribution in [2.45, 2.75) is 89.6 Å². The highest BCUT2D eigenvalue weighted by Gasteiger charge is 2.38. The molecule has 0 nitrogen and oxygen atoms in total. The van der Waals surface area contributed by atoms with Crippen LogP contribution in [0.2, 0.25) is 0 Å². The fraction of sp³-hybridized carbons (Fsp3) is 0.680. The third kappa shape index (κ3) is 6.07. The topological polar surface area (TPSA) is 0 Å². The van der Waals surface area contributed by atoms with E-state index in [1.807, 2.05) is 0 Å². The van der Waals surface area contributed by atoms with E-state index in [-0.39, 0.29) is 5.92 Å². The van der Waals surface area contributed by atoms with Gasteiger partial charge in [0.2, 0.25) is 0 Å². The maximum absolute atomic E-state index is 13.9. The molecule has 2 saturated carbocycles. The molecular weight excluding hydrogens is 395 g/mol. The van der Waals surface area contributed by atoms with Crippen molar-refractivity contribution < 1.29 is 22.0 Å². The van der Waals surface area contributed by atoms with Crippen LogP contribution in [-0.2, 0) is 6.18 Å². The molecule has 1 aromatic carbocycles. The normalized spacial score (nSPS) is 28.2. The van der Waals surface area contributed by atoms with Gasteiger partial charge in [0.1, 0.15) is 17.2 Å². The zero-order valence-electron chi connectivity index (χ0n) is 17.8. The van der Waals surface area contributed by atoms with Gasteiger partial charge in [0, 0.05) is 0 Å². The Bertz CT molecular complexity index is 682. The molecule has 0 amide bonds. The van der Waals surface area contributed by atoms with Crippen molar-refractivity contribution in [3.8, 4) is 0 Å². The minimum Gasteiger partial charge on any atom is -0.206 e. The SMILES string of the molecule is CCCC[C@H]1CC[C@H](/C=C/[C@H]2CC[C@H](c3cc(F)c(C(F)(F)F)c(F)c3)CC2)CC1. The molecule has 0 aromatic heterocycles. The molecule has 0 spiro atoms. The summed E-state index contributed by atoms with van der Waals surface area (Å²) in [6.45, 7) is 2.24. The van der Waals surface area contributed by atoms with Crippen LogP contribution in [0.1, 0.15) is 94.6 Å². The van der Waals surface area contributed by atoms with Gasteiger partial charge >= 0.3 is 6.18 Å². The molecule has 168 valence electrons. The first-order valence-corrected chi connectivity index (χ1v) is 11.5. The maximum Gasteiger partial charge on any atom is 0.422 e. The van der Waals surface area contributed by atoms with Gasteiger partial charge in [0.15, 0.2) is 0 Å². The van der Waals surface area contributed by atoms with Crippen LogP contribution in [0.3, 0.4) is 0 Å². The molecule has 0 bridgehead atoms. The molecule has 1 aromatic rings. The molecule has 0 unspecified atom stereocenters. The van der Waals surface area contributed by atoms with E-state index in [1.165, 1.54) is 44.9 Å². The van der Waals surface area contributed by atoms with Crippen LogP contribution in [0.4, 0.5) is 22.0 Å². The van der Waals surface area contributed by atoms with Crippen molar-refractivity contribution in [1.29, 1.82) is 0 Å². The molecular formula is C25H33F5. The quantitative estimate of drug-likeness (QED) is 0.314. The van der Waals surface area contributed by atoms with E-state index < -0.39 is 23.4 Å². The third-order valence-corrected chi connectivity index (χ3v) is 7.10. The molecule has 0 heterocycles. The number of rotatable bonds is 6. The number of benzene rings is 1. The second-order valence-electron chi connectivity index (χ2n) is 9.28. The molecule has 0 atom stereocenters. The molecule has 3 rings (SSSR count). The Morgan fingerprint density at radius 3 is 1.80 bits per heavy atom. The van der Waals surface area contributed by atoms with Crippen molar-refractivity contribution in [2.75, 3.05) is 0 Å². The van der Waals surface area contributed by atoms with E-state index in [0.717, 1.165) is 43.7 Å². The first-order valence-electron chi connectivity index (χ1n) is 11.5. The average molecular weight is 429 g/mol. The predicted molar refractivity (Wildman–Crippen MR) is 110 cm³/mol. The lowest BCUT2D eigenvalue weighted by Gasteiger charge is -2.29. The highest BCUT2D eigenvalue weighted by molar-refractivity contribution is 5.31. The fourth-order valence-corrected chi connectivity index (χ4v) is 5.22. The second-order valence-corrected chi connectivity index (χ2v) is 9.28. The minimum atomic E-state index is -5.01. The van der Waals surface area contributed by atoms with E-state index in [2.05, 4.69) is 19.1 Å². The Kier molecular flexibility index (Phi) is 7.98. The summed E-state index contributed by atoms with van der Waals surface area (Å²) in [6.07, 6.45) is 12.2. The van der Waals surface area contributed by atoms with Gasteiger partial charge in [-0.15, -0.1) is 0 Å². The highest BCUT2D eigenvalue weighted by Crippen LogP contribution is 2.40. The Morgan fingerprint density at radius 2 is 1.33 bits per heavy atom. The van der Waals surface area contributed by atoms with Crippen molar-refractivity contribution in [3.63, 3.8) is 0 Å². The van der Waals surface area contributed by atoms with Crippen molar-refractivity contribution in [3.05, 3.63) is 47.0 Å². The van der Waals surface area contributed by atoms with Gasteiger partial charge < -0.3 is 0 Å². The van der Waals surface area contributed by atoms with Crippen molar-refractivity contribution >= 4 is 0 Å². The van der Waals surface area contributed by atoms with E-state index in [1.54, 1.807) is 0 Å². The standard InChI is InChI=1S/C25H33F5/c1-2-3-4-17-5-7-18(8-6-17)9-10-19-11-13-20(14-12-19)21-15-22(26)24(23(27)16-21)25(28,29)30/h9-10,15-20H,2-8,11-14H2,1H3/b10-9+/t17-,18-,19-,20-. The van der Waals surface area contributed by atoms with Crippen LogP contribution in [0, 0.1) is 29.4 Å². The summed E-state index contributed by atoms with van der Waals surface area (Å²) >= 11 is 0. The fourth-order valence-electron chi connectivity index (χ4n) is 5.22. The predicted octanol–water partition coefficient (Wildman–Crippen LogP) is 8.81. The molecule has 2 aliphatic rings. The van der Waals surface area contributed by atoms with Gasteiger partial charge in [0.25, 0.3) is 0 Å². The van der Waals surface area contributed by atoms with Crippen LogP contribution >= 0.6 is 0 Å². The maximum atomic E-state index is 13.9. The highest BCUT2D eigenvalue weighted by atomic mass is 19.4. The van der Waals surface area contributed by atoms with Crippen LogP contribution in [0.5, 0.6) is 0 Å². The number of hydrogen-bond acceptors (Lipinski definition) is 0. The lowest BCUT2D eigenvalue weighted by molar-refractivity contribution is -0.142. The number of allylic oxidation sites excluding steroid dienone is 2. The van der Waals surface area contributed by atoms with Crippen LogP contribution < -0.4 is 0 Å². The summed E-state index contributed by atoms with van der Waals surface area (Å²) in [7, 11) is 0. The number of alkyl halides is 3. The number of halogens is 5. The monoisotopic (exact) mass is 428 g/mol. The molecule has 2 fully saturated rings. The first-order chi connectivity index (χ1) is 14.3. The second kappa shape index (κ2) is 10.3. The molecule has 5 heteroatoms. The Labute approximate surface area is 176 Å². The van der Waals surface area contributed by atoms with E-state index in [4.69, 9.17) is 0 Å². The Morgan fingerprint density at radius 1 is 0.833 bits per heavy atom. The zero-order chi connectivity index (χ0) is 21.7. The third-order valence-electron chi connectivity index (χ3n) is 7.10. The summed E-state index contributed by atoms with van der Waals surface area (Å²) in [6, 6.07) is 1.76. The van der Waals surface area contributed by atoms with E-state index >= 15 is 0 Å². The van der Waals surface area contributed by atoms with Gasteiger partial charge in [-0.1, -0.05) is 38.3 Å². The Balaban J connectivity index is 1.49. The zero-order valence-corrected chi connectivity index (χ0v) is 17.8. The van der Waals surface area contributed by atoms with Crippen LogP contribution in [0.15, 0.2) is 24.3 Å². The first kappa shape index (κ1) is 23.3. The van der Waals surface area contributed by atoms with Gasteiger partial charge in [-0.3, -0.25) is 0 Å². The lowest BCUT2D eigenvalue weighted by Crippen LogP contribution is -2.16. The smallest absolute Gasteiger partial charge is 0.206 e. The molecule has 0 aliphatic heterocycles. The van der Waals surface area contributed by atoms with Crippen LogP contribution in [-0.4, -0.2) is 0 Å². The average Bonchev–Trinajstić information content (AvgIpc) is 2.70. The van der Waals surface area contributed by atoms with E-state index in [9.17, 15) is 22.0 Å². The molecule has 2 aliphatic carbocycles. The largest absolute Gasteiger partial charge is 0.422 e. The van der Waals surface area contributed by atoms with Gasteiger partial charge in [-0.05, 0) is 92.7 Å². The van der Waals surface area contributed by atoms with Gasteiger partial charge in [-0.25, -0.2) is 8.78 Å². The van der Waals surface area contributed by atoms with Gasteiger partial charge in [-0.2, -0.15) is 13.2 Å². The molecule has 0 radical (unpaired) electrons. The van der Waals surface area contributed by atoms with Crippen molar-refractivity contribution in [2.24, 2.45) is 17.8 Å². The summed E-state index contributed by atoms with van der Waals surface area (Å²) in [5.41, 5.74) is -1.43. The van der Waals surface area contributed by atoms with E-state index in [0.29, 0.717) is 17.4 Å². The van der Waals surface area contributed by atoms with Crippen molar-refractivity contribution in [1.82, 2.24) is 0 Å². The lowest BCUT2D eigenvalue weighted by atomic mass is 9.76. The Hall–Kier alpha value is -1.39. The molecule has 0 N–H and O–H groups in total. The van der Waals surface area contributed by atoms with Crippen LogP contribution in [0.25, 0.3) is 0 Å². The molecule has 0 saturated heterocycles.